The van der Waals surface area contributed by atoms with Crippen molar-refractivity contribution in [3.63, 3.8) is 0 Å². The molecule has 4 nitrogen and oxygen atoms in total. The van der Waals surface area contributed by atoms with Gasteiger partial charge in [0.15, 0.2) is 0 Å². The van der Waals surface area contributed by atoms with Crippen molar-refractivity contribution in [2.24, 2.45) is 0 Å². The predicted octanol–water partition coefficient (Wildman–Crippen LogP) is 1.79. The maximum atomic E-state index is 13.0. The number of carboxylic acid groups (broad SMARTS) is 1. The Kier molecular flexibility index (Phi) is 3.70. The topological polar surface area (TPSA) is 59.4 Å². The summed E-state index contributed by atoms with van der Waals surface area (Å²) in [5, 5.41) is 8.54. The van der Waals surface area contributed by atoms with E-state index in [2.05, 4.69) is 9.72 Å². The van der Waals surface area contributed by atoms with Gasteiger partial charge < -0.3 is 9.84 Å². The van der Waals surface area contributed by atoms with Gasteiger partial charge in [-0.3, -0.25) is 4.79 Å². The second-order valence-corrected chi connectivity index (χ2v) is 2.88. The van der Waals surface area contributed by atoms with Gasteiger partial charge in [0.25, 0.3) is 6.43 Å². The lowest BCUT2D eigenvalue weighted by Crippen LogP contribution is -2.09. The van der Waals surface area contributed by atoms with Gasteiger partial charge in [-0.2, -0.15) is 4.39 Å². The summed E-state index contributed by atoms with van der Waals surface area (Å²) < 4.78 is 42.7. The average molecular weight is 235 g/mol. The molecule has 1 heterocycles. The Morgan fingerprint density at radius 1 is 1.62 bits per heavy atom. The first kappa shape index (κ1) is 12.3. The summed E-state index contributed by atoms with van der Waals surface area (Å²) in [5.74, 6) is -2.91. The lowest BCUT2D eigenvalue weighted by molar-refractivity contribution is -0.136. The van der Waals surface area contributed by atoms with Crippen LogP contribution in [-0.2, 0) is 11.2 Å². The van der Waals surface area contributed by atoms with E-state index in [0.717, 1.165) is 13.3 Å². The highest BCUT2D eigenvalue weighted by atomic mass is 19.3. The molecule has 0 atom stereocenters. The van der Waals surface area contributed by atoms with Gasteiger partial charge in [0.2, 0.25) is 5.95 Å². The molecule has 0 spiro atoms. The van der Waals surface area contributed by atoms with Crippen LogP contribution in [0.1, 0.15) is 17.6 Å². The number of nitrogens with zero attached hydrogens (tertiary/aromatic N) is 1. The first-order valence-electron chi connectivity index (χ1n) is 4.18. The first-order valence-corrected chi connectivity index (χ1v) is 4.18. The highest BCUT2D eigenvalue weighted by molar-refractivity contribution is 5.72. The third-order valence-corrected chi connectivity index (χ3v) is 1.91. The molecule has 0 aliphatic rings. The highest BCUT2D eigenvalue weighted by Crippen LogP contribution is 2.31. The molecule has 0 saturated carbocycles. The lowest BCUT2D eigenvalue weighted by atomic mass is 10.1. The van der Waals surface area contributed by atoms with Crippen LogP contribution in [0.3, 0.4) is 0 Å². The molecule has 7 heteroatoms. The van der Waals surface area contributed by atoms with Crippen LogP contribution in [0.25, 0.3) is 0 Å². The van der Waals surface area contributed by atoms with E-state index in [1.54, 1.807) is 0 Å². The minimum atomic E-state index is -3.14. The van der Waals surface area contributed by atoms with Crippen molar-refractivity contribution in [3.05, 3.63) is 23.3 Å². The number of aromatic nitrogens is 1. The molecule has 16 heavy (non-hydrogen) atoms. The fraction of sp³-hybridized carbons (Fsp3) is 0.333. The standard InChI is InChI=1S/C9H8F3NO3/c1-16-5-3-13-9(12)7(8(10)11)4(5)2-6(14)15/h3,8H,2H2,1H3,(H,14,15). The number of pyridine rings is 1. The SMILES string of the molecule is COc1cnc(F)c(C(F)F)c1CC(=O)O. The average Bonchev–Trinajstić information content (AvgIpc) is 2.16. The van der Waals surface area contributed by atoms with Crippen LogP contribution < -0.4 is 4.74 Å². The van der Waals surface area contributed by atoms with E-state index in [0.29, 0.717) is 0 Å². The number of methoxy groups -OCH3 is 1. The molecule has 0 unspecified atom stereocenters. The zero-order valence-corrected chi connectivity index (χ0v) is 8.21. The first-order chi connectivity index (χ1) is 7.47. The number of carboxylic acids is 1. The van der Waals surface area contributed by atoms with Crippen LogP contribution >= 0.6 is 0 Å². The second kappa shape index (κ2) is 4.82. The molecule has 0 saturated heterocycles. The molecule has 0 aliphatic carbocycles. The smallest absolute Gasteiger partial charge is 0.307 e. The van der Waals surface area contributed by atoms with E-state index < -0.39 is 35.9 Å². The van der Waals surface area contributed by atoms with E-state index >= 15 is 0 Å². The molecular weight excluding hydrogens is 227 g/mol. The molecule has 1 aromatic rings. The number of ether oxygens (including phenoxy) is 1. The highest BCUT2D eigenvalue weighted by Gasteiger charge is 2.24. The zero-order valence-electron chi connectivity index (χ0n) is 8.21. The van der Waals surface area contributed by atoms with Crippen molar-refractivity contribution in [1.82, 2.24) is 4.98 Å². The Bertz CT molecular complexity index is 409. The number of carbonyl (C=O) groups is 1. The Labute approximate surface area is 88.7 Å². The summed E-state index contributed by atoms with van der Waals surface area (Å²) in [6.45, 7) is 0. The Morgan fingerprint density at radius 3 is 2.69 bits per heavy atom. The molecule has 0 aromatic carbocycles. The summed E-state index contributed by atoms with van der Waals surface area (Å²) in [5.41, 5.74) is -1.42. The van der Waals surface area contributed by atoms with Crippen molar-refractivity contribution < 1.29 is 27.8 Å². The van der Waals surface area contributed by atoms with E-state index in [1.807, 2.05) is 0 Å². The van der Waals surface area contributed by atoms with Crippen LogP contribution in [0.2, 0.25) is 0 Å². The van der Waals surface area contributed by atoms with Crippen molar-refractivity contribution in [2.75, 3.05) is 7.11 Å². The summed E-state index contributed by atoms with van der Waals surface area (Å²) in [4.78, 5) is 13.6. The van der Waals surface area contributed by atoms with Crippen molar-refractivity contribution in [1.29, 1.82) is 0 Å². The molecular formula is C9H8F3NO3. The number of alkyl halides is 2. The third kappa shape index (κ3) is 2.41. The molecule has 0 fully saturated rings. The molecule has 88 valence electrons. The lowest BCUT2D eigenvalue weighted by Gasteiger charge is -2.11. The summed E-state index contributed by atoms with van der Waals surface area (Å²) in [6.07, 6.45) is -3.01. The molecule has 0 aliphatic heterocycles. The van der Waals surface area contributed by atoms with Gasteiger partial charge in [-0.05, 0) is 0 Å². The minimum Gasteiger partial charge on any atom is -0.495 e. The van der Waals surface area contributed by atoms with E-state index in [1.165, 1.54) is 0 Å². The number of hydrogen-bond donors (Lipinski definition) is 1. The van der Waals surface area contributed by atoms with Gasteiger partial charge >= 0.3 is 5.97 Å². The van der Waals surface area contributed by atoms with Gasteiger partial charge in [0.1, 0.15) is 5.75 Å². The van der Waals surface area contributed by atoms with Crippen molar-refractivity contribution in [3.8, 4) is 5.75 Å². The number of hydrogen-bond acceptors (Lipinski definition) is 3. The Morgan fingerprint density at radius 2 is 2.25 bits per heavy atom. The van der Waals surface area contributed by atoms with Gasteiger partial charge in [0, 0.05) is 5.56 Å². The second-order valence-electron chi connectivity index (χ2n) is 2.88. The summed E-state index contributed by atoms with van der Waals surface area (Å²) in [6, 6.07) is 0. The van der Waals surface area contributed by atoms with Crippen LogP contribution in [0.15, 0.2) is 6.20 Å². The predicted molar refractivity (Wildman–Crippen MR) is 47.0 cm³/mol. The molecule has 0 amide bonds. The molecule has 0 radical (unpaired) electrons. The zero-order chi connectivity index (χ0) is 12.3. The fourth-order valence-corrected chi connectivity index (χ4v) is 1.25. The van der Waals surface area contributed by atoms with E-state index in [4.69, 9.17) is 5.11 Å². The fourth-order valence-electron chi connectivity index (χ4n) is 1.25. The molecule has 1 aromatic heterocycles. The van der Waals surface area contributed by atoms with Gasteiger partial charge in [-0.1, -0.05) is 0 Å². The monoisotopic (exact) mass is 235 g/mol. The number of halogens is 3. The van der Waals surface area contributed by atoms with E-state index in [-0.39, 0.29) is 5.75 Å². The van der Waals surface area contributed by atoms with Crippen molar-refractivity contribution in [2.45, 2.75) is 12.8 Å². The largest absolute Gasteiger partial charge is 0.495 e. The molecule has 1 rings (SSSR count). The van der Waals surface area contributed by atoms with Gasteiger partial charge in [-0.15, -0.1) is 0 Å². The van der Waals surface area contributed by atoms with Crippen LogP contribution in [-0.4, -0.2) is 23.2 Å². The number of rotatable bonds is 4. The molecule has 0 bridgehead atoms. The number of aliphatic carboxylic acids is 1. The maximum absolute atomic E-state index is 13.0. The normalized spacial score (nSPS) is 10.6. The van der Waals surface area contributed by atoms with Crippen LogP contribution in [0, 0.1) is 5.95 Å². The Hall–Kier alpha value is -1.79. The van der Waals surface area contributed by atoms with Crippen LogP contribution in [0.4, 0.5) is 13.2 Å². The summed E-state index contributed by atoms with van der Waals surface area (Å²) in [7, 11) is 1.16. The third-order valence-electron chi connectivity index (χ3n) is 1.91. The van der Waals surface area contributed by atoms with Gasteiger partial charge in [0.05, 0.1) is 25.3 Å². The van der Waals surface area contributed by atoms with Gasteiger partial charge in [-0.25, -0.2) is 13.8 Å². The van der Waals surface area contributed by atoms with Crippen LogP contribution in [0.5, 0.6) is 5.75 Å². The molecule has 1 N–H and O–H groups in total. The minimum absolute atomic E-state index is 0.167. The van der Waals surface area contributed by atoms with E-state index in [9.17, 15) is 18.0 Å². The van der Waals surface area contributed by atoms with Crippen molar-refractivity contribution >= 4 is 5.97 Å². The summed E-state index contributed by atoms with van der Waals surface area (Å²) >= 11 is 0. The quantitative estimate of drug-likeness (QED) is 0.808. The maximum Gasteiger partial charge on any atom is 0.307 e. The Balaban J connectivity index is 3.36.